The molecular formula is C25H28N2O4. The van der Waals surface area contributed by atoms with Crippen LogP contribution in [-0.2, 0) is 9.53 Å². The van der Waals surface area contributed by atoms with E-state index in [1.807, 2.05) is 60.7 Å². The highest BCUT2D eigenvalue weighted by atomic mass is 16.5. The first-order chi connectivity index (χ1) is 15.1. The highest BCUT2D eigenvalue weighted by molar-refractivity contribution is 6.00. The Morgan fingerprint density at radius 2 is 1.65 bits per heavy atom. The Morgan fingerprint density at radius 1 is 0.903 bits per heavy atom. The van der Waals surface area contributed by atoms with Gasteiger partial charge in [-0.2, -0.15) is 0 Å². The molecule has 162 valence electrons. The molecule has 0 aliphatic heterocycles. The molecule has 31 heavy (non-hydrogen) atoms. The lowest BCUT2D eigenvalue weighted by Crippen LogP contribution is -2.25. The molecule has 2 aromatic carbocycles. The number of H-pyrrole nitrogens is 1. The molecule has 3 aromatic rings. The lowest BCUT2D eigenvalue weighted by Gasteiger charge is -2.07. The van der Waals surface area contributed by atoms with E-state index in [0.717, 1.165) is 47.4 Å². The average molecular weight is 421 g/mol. The number of hydrogen-bond acceptors (Lipinski definition) is 4. The maximum atomic E-state index is 12.9. The minimum atomic E-state index is -0.200. The lowest BCUT2D eigenvalue weighted by atomic mass is 10.0. The third-order valence-corrected chi connectivity index (χ3v) is 5.10. The minimum Gasteiger partial charge on any atom is -0.497 e. The van der Waals surface area contributed by atoms with Gasteiger partial charge in [-0.1, -0.05) is 36.8 Å². The van der Waals surface area contributed by atoms with Crippen LogP contribution in [0.2, 0.25) is 0 Å². The molecule has 1 aromatic heterocycles. The predicted octanol–water partition coefficient (Wildman–Crippen LogP) is 4.82. The second-order valence-corrected chi connectivity index (χ2v) is 7.21. The summed E-state index contributed by atoms with van der Waals surface area (Å²) in [6.45, 7) is 0.547. The molecule has 0 unspecified atom stereocenters. The molecule has 2 N–H and O–H groups in total. The molecule has 0 saturated carbocycles. The molecule has 0 atom stereocenters. The molecule has 1 heterocycles. The van der Waals surface area contributed by atoms with Gasteiger partial charge in [0.05, 0.1) is 14.2 Å². The number of carbonyl (C=O) groups excluding carboxylic acids is 2. The Hall–Kier alpha value is -3.54. The largest absolute Gasteiger partial charge is 0.497 e. The summed E-state index contributed by atoms with van der Waals surface area (Å²) in [5.41, 5.74) is 4.20. The van der Waals surface area contributed by atoms with Crippen molar-refractivity contribution in [2.24, 2.45) is 0 Å². The summed E-state index contributed by atoms with van der Waals surface area (Å²) in [5.74, 6) is 0.435. The van der Waals surface area contributed by atoms with Gasteiger partial charge in [-0.15, -0.1) is 0 Å². The van der Waals surface area contributed by atoms with E-state index in [9.17, 15) is 9.59 Å². The van der Waals surface area contributed by atoms with Crippen LogP contribution < -0.4 is 10.1 Å². The van der Waals surface area contributed by atoms with Gasteiger partial charge in [0.1, 0.15) is 11.4 Å². The fraction of sp³-hybridized carbons (Fsp3) is 0.280. The van der Waals surface area contributed by atoms with E-state index in [0.29, 0.717) is 18.7 Å². The van der Waals surface area contributed by atoms with Crippen LogP contribution in [0.15, 0.2) is 60.7 Å². The Labute approximate surface area is 182 Å². The number of hydrogen-bond donors (Lipinski definition) is 2. The molecule has 0 bridgehead atoms. The van der Waals surface area contributed by atoms with Crippen molar-refractivity contribution < 1.29 is 19.1 Å². The SMILES string of the molecule is COC(=O)CCCCCNC(=O)c1[nH]c(-c2ccc(OC)cc2)cc1-c1ccccc1. The van der Waals surface area contributed by atoms with Crippen LogP contribution in [0.1, 0.15) is 36.2 Å². The van der Waals surface area contributed by atoms with E-state index in [2.05, 4.69) is 15.0 Å². The zero-order chi connectivity index (χ0) is 22.1. The third-order valence-electron chi connectivity index (χ3n) is 5.10. The van der Waals surface area contributed by atoms with Crippen molar-refractivity contribution in [3.05, 3.63) is 66.4 Å². The Bertz CT molecular complexity index is 994. The van der Waals surface area contributed by atoms with Crippen molar-refractivity contribution in [2.75, 3.05) is 20.8 Å². The number of methoxy groups -OCH3 is 2. The van der Waals surface area contributed by atoms with Gasteiger partial charge in [-0.05, 0) is 54.3 Å². The summed E-state index contributed by atoms with van der Waals surface area (Å²) in [6.07, 6.45) is 2.81. The summed E-state index contributed by atoms with van der Waals surface area (Å²) >= 11 is 0. The zero-order valence-corrected chi connectivity index (χ0v) is 17.9. The number of amides is 1. The van der Waals surface area contributed by atoms with Crippen molar-refractivity contribution in [3.8, 4) is 28.1 Å². The third kappa shape index (κ3) is 5.98. The van der Waals surface area contributed by atoms with E-state index in [4.69, 9.17) is 4.74 Å². The van der Waals surface area contributed by atoms with Crippen LogP contribution >= 0.6 is 0 Å². The van der Waals surface area contributed by atoms with E-state index in [1.165, 1.54) is 7.11 Å². The molecule has 0 aliphatic rings. The first-order valence-electron chi connectivity index (χ1n) is 10.4. The van der Waals surface area contributed by atoms with Gasteiger partial charge < -0.3 is 19.8 Å². The number of aromatic nitrogens is 1. The van der Waals surface area contributed by atoms with Crippen LogP contribution in [0.3, 0.4) is 0 Å². The molecule has 0 aliphatic carbocycles. The fourth-order valence-electron chi connectivity index (χ4n) is 3.37. The van der Waals surface area contributed by atoms with Gasteiger partial charge in [-0.25, -0.2) is 0 Å². The summed E-state index contributed by atoms with van der Waals surface area (Å²) < 4.78 is 9.87. The van der Waals surface area contributed by atoms with Gasteiger partial charge in [0, 0.05) is 24.2 Å². The van der Waals surface area contributed by atoms with Gasteiger partial charge in [-0.3, -0.25) is 9.59 Å². The monoisotopic (exact) mass is 420 g/mol. The van der Waals surface area contributed by atoms with Crippen molar-refractivity contribution in [1.82, 2.24) is 10.3 Å². The van der Waals surface area contributed by atoms with Crippen LogP contribution in [0.4, 0.5) is 0 Å². The molecule has 0 fully saturated rings. The number of benzene rings is 2. The highest BCUT2D eigenvalue weighted by Gasteiger charge is 2.17. The Kier molecular flexibility index (Phi) is 7.87. The molecule has 1 amide bonds. The van der Waals surface area contributed by atoms with Crippen molar-refractivity contribution in [2.45, 2.75) is 25.7 Å². The molecular weight excluding hydrogens is 392 g/mol. The minimum absolute atomic E-state index is 0.147. The van der Waals surface area contributed by atoms with Gasteiger partial charge in [0.15, 0.2) is 0 Å². The number of nitrogens with one attached hydrogen (secondary N) is 2. The van der Waals surface area contributed by atoms with Crippen molar-refractivity contribution in [3.63, 3.8) is 0 Å². The number of unbranched alkanes of at least 4 members (excludes halogenated alkanes) is 2. The van der Waals surface area contributed by atoms with Crippen LogP contribution in [0, 0.1) is 0 Å². The number of aromatic amines is 1. The van der Waals surface area contributed by atoms with E-state index < -0.39 is 0 Å². The first kappa shape index (κ1) is 22.2. The van der Waals surface area contributed by atoms with Crippen LogP contribution in [-0.4, -0.2) is 37.6 Å². The van der Waals surface area contributed by atoms with Gasteiger partial charge in [0.2, 0.25) is 0 Å². The highest BCUT2D eigenvalue weighted by Crippen LogP contribution is 2.30. The first-order valence-corrected chi connectivity index (χ1v) is 10.4. The zero-order valence-electron chi connectivity index (χ0n) is 17.9. The maximum absolute atomic E-state index is 12.9. The summed E-state index contributed by atoms with van der Waals surface area (Å²) in [4.78, 5) is 27.4. The van der Waals surface area contributed by atoms with Gasteiger partial charge in [0.25, 0.3) is 5.91 Å². The summed E-state index contributed by atoms with van der Waals surface area (Å²) in [6, 6.07) is 19.6. The normalized spacial score (nSPS) is 10.5. The predicted molar refractivity (Wildman–Crippen MR) is 121 cm³/mol. The number of rotatable bonds is 10. The second kappa shape index (κ2) is 11.0. The molecule has 0 saturated heterocycles. The summed E-state index contributed by atoms with van der Waals surface area (Å²) in [5, 5.41) is 2.99. The molecule has 3 rings (SSSR count). The van der Waals surface area contributed by atoms with Crippen LogP contribution in [0.5, 0.6) is 5.75 Å². The fourth-order valence-corrected chi connectivity index (χ4v) is 3.37. The maximum Gasteiger partial charge on any atom is 0.305 e. The standard InChI is InChI=1S/C25H28N2O4/c1-30-20-14-12-19(13-15-20)22-17-21(18-9-5-3-6-10-18)24(27-22)25(29)26-16-8-4-7-11-23(28)31-2/h3,5-6,9-10,12-15,17,27H,4,7-8,11,16H2,1-2H3,(H,26,29). The van der Waals surface area contributed by atoms with Crippen molar-refractivity contribution >= 4 is 11.9 Å². The number of esters is 1. The topological polar surface area (TPSA) is 80.4 Å². The summed E-state index contributed by atoms with van der Waals surface area (Å²) in [7, 11) is 3.03. The van der Waals surface area contributed by atoms with Crippen LogP contribution in [0.25, 0.3) is 22.4 Å². The molecule has 0 spiro atoms. The average Bonchev–Trinajstić information content (AvgIpc) is 3.27. The lowest BCUT2D eigenvalue weighted by molar-refractivity contribution is -0.140. The van der Waals surface area contributed by atoms with Gasteiger partial charge >= 0.3 is 5.97 Å². The van der Waals surface area contributed by atoms with E-state index in [-0.39, 0.29) is 11.9 Å². The quantitative estimate of drug-likeness (QED) is 0.364. The van der Waals surface area contributed by atoms with E-state index in [1.54, 1.807) is 7.11 Å². The molecule has 6 nitrogen and oxygen atoms in total. The smallest absolute Gasteiger partial charge is 0.305 e. The number of ether oxygens (including phenoxy) is 2. The number of carbonyl (C=O) groups is 2. The second-order valence-electron chi connectivity index (χ2n) is 7.21. The molecule has 0 radical (unpaired) electrons. The Balaban J connectivity index is 1.72. The Morgan fingerprint density at radius 3 is 2.32 bits per heavy atom. The van der Waals surface area contributed by atoms with Crippen molar-refractivity contribution in [1.29, 1.82) is 0 Å². The molecule has 6 heteroatoms. The van der Waals surface area contributed by atoms with E-state index >= 15 is 0 Å².